The molecule has 0 fully saturated rings. The van der Waals surface area contributed by atoms with Crippen LogP contribution < -0.4 is 9.47 Å². The van der Waals surface area contributed by atoms with E-state index in [0.29, 0.717) is 22.6 Å². The number of hydrogen-bond acceptors (Lipinski definition) is 4. The number of ketones is 1. The molecule has 3 aromatic rings. The highest BCUT2D eigenvalue weighted by molar-refractivity contribution is 9.10. The Morgan fingerprint density at radius 1 is 1.04 bits per heavy atom. The zero-order chi connectivity index (χ0) is 19.7. The second-order valence-corrected chi connectivity index (χ2v) is 7.23. The lowest BCUT2D eigenvalue weighted by Gasteiger charge is -2.06. The maximum atomic E-state index is 12.6. The Hall–Kier alpha value is -3.18. The first-order valence-corrected chi connectivity index (χ1v) is 9.42. The lowest BCUT2D eigenvalue weighted by molar-refractivity contribution is 0.0734. The van der Waals surface area contributed by atoms with Gasteiger partial charge in [0.2, 0.25) is 5.78 Å². The van der Waals surface area contributed by atoms with Crippen LogP contribution >= 0.6 is 15.9 Å². The maximum Gasteiger partial charge on any atom is 0.343 e. The van der Waals surface area contributed by atoms with Crippen molar-refractivity contribution in [2.24, 2.45) is 0 Å². The van der Waals surface area contributed by atoms with E-state index in [9.17, 15) is 9.59 Å². The summed E-state index contributed by atoms with van der Waals surface area (Å²) < 4.78 is 12.0. The molecule has 0 aliphatic carbocycles. The molecule has 1 aliphatic heterocycles. The highest BCUT2D eigenvalue weighted by Gasteiger charge is 2.28. The first-order valence-electron chi connectivity index (χ1n) is 8.63. The van der Waals surface area contributed by atoms with Crippen molar-refractivity contribution in [3.05, 3.63) is 99.2 Å². The van der Waals surface area contributed by atoms with Gasteiger partial charge in [-0.3, -0.25) is 4.79 Å². The van der Waals surface area contributed by atoms with Gasteiger partial charge in [0.25, 0.3) is 0 Å². The lowest BCUT2D eigenvalue weighted by atomic mass is 10.1. The van der Waals surface area contributed by atoms with E-state index in [-0.39, 0.29) is 11.5 Å². The number of ether oxygens (including phenoxy) is 2. The van der Waals surface area contributed by atoms with Crippen LogP contribution in [-0.2, 0) is 0 Å². The summed E-state index contributed by atoms with van der Waals surface area (Å²) in [6.45, 7) is 1.95. The smallest absolute Gasteiger partial charge is 0.343 e. The quantitative estimate of drug-likeness (QED) is 0.306. The molecule has 4 nitrogen and oxygen atoms in total. The van der Waals surface area contributed by atoms with Crippen LogP contribution in [0, 0.1) is 6.92 Å². The number of aryl methyl sites for hydroxylation is 1. The Bertz CT molecular complexity index is 1110. The summed E-state index contributed by atoms with van der Waals surface area (Å²) in [5.41, 5.74) is 2.79. The molecule has 138 valence electrons. The molecule has 0 radical (unpaired) electrons. The molecule has 0 saturated carbocycles. The summed E-state index contributed by atoms with van der Waals surface area (Å²) in [7, 11) is 0. The monoisotopic (exact) mass is 434 g/mol. The van der Waals surface area contributed by atoms with E-state index >= 15 is 0 Å². The molecule has 3 aromatic carbocycles. The first-order chi connectivity index (χ1) is 13.5. The molecule has 0 spiro atoms. The summed E-state index contributed by atoms with van der Waals surface area (Å²) >= 11 is 3.46. The van der Waals surface area contributed by atoms with Crippen LogP contribution in [0.5, 0.6) is 11.5 Å². The van der Waals surface area contributed by atoms with Crippen LogP contribution in [0.1, 0.15) is 31.8 Å². The number of halogens is 1. The third kappa shape index (κ3) is 3.62. The summed E-state index contributed by atoms with van der Waals surface area (Å²) in [4.78, 5) is 24.9. The number of allylic oxidation sites excluding steroid dienone is 1. The highest BCUT2D eigenvalue weighted by Crippen LogP contribution is 2.35. The van der Waals surface area contributed by atoms with Gasteiger partial charge in [0.05, 0.1) is 11.1 Å². The molecule has 0 amide bonds. The van der Waals surface area contributed by atoms with Crippen molar-refractivity contribution >= 4 is 33.8 Å². The van der Waals surface area contributed by atoms with Crippen LogP contribution in [0.25, 0.3) is 6.08 Å². The van der Waals surface area contributed by atoms with E-state index in [1.54, 1.807) is 36.4 Å². The molecular weight excluding hydrogens is 420 g/mol. The van der Waals surface area contributed by atoms with Gasteiger partial charge in [-0.15, -0.1) is 0 Å². The standard InChI is InChI=1S/C23H15BrO4/c1-14-6-8-15(9-7-14)23(26)27-17-10-11-18-20(13-17)28-21(22(18)25)12-16-4-2-3-5-19(16)24/h2-13H,1H3/b21-12-. The highest BCUT2D eigenvalue weighted by atomic mass is 79.9. The van der Waals surface area contributed by atoms with Crippen LogP contribution in [0.3, 0.4) is 0 Å². The first kappa shape index (κ1) is 18.2. The second kappa shape index (κ2) is 7.44. The van der Waals surface area contributed by atoms with Crippen LogP contribution in [0.4, 0.5) is 0 Å². The molecule has 0 N–H and O–H groups in total. The lowest BCUT2D eigenvalue weighted by Crippen LogP contribution is -2.08. The van der Waals surface area contributed by atoms with Gasteiger partial charge in [-0.1, -0.05) is 51.8 Å². The molecule has 1 aliphatic rings. The Kier molecular flexibility index (Phi) is 4.84. The van der Waals surface area contributed by atoms with Gasteiger partial charge in [0, 0.05) is 10.5 Å². The van der Waals surface area contributed by atoms with Crippen molar-refractivity contribution in [2.75, 3.05) is 0 Å². The number of benzene rings is 3. The number of hydrogen-bond donors (Lipinski definition) is 0. The van der Waals surface area contributed by atoms with Crippen LogP contribution in [0.2, 0.25) is 0 Å². The molecule has 5 heteroatoms. The average Bonchev–Trinajstić information content (AvgIpc) is 2.99. The molecule has 0 aromatic heterocycles. The second-order valence-electron chi connectivity index (χ2n) is 6.37. The van der Waals surface area contributed by atoms with Crippen molar-refractivity contribution in [1.29, 1.82) is 0 Å². The number of Topliss-reactive ketones (excluding diaryl/α,β-unsaturated/α-hetero) is 1. The summed E-state index contributed by atoms with van der Waals surface area (Å²) in [5.74, 6) is 0.246. The Balaban J connectivity index is 1.56. The zero-order valence-electron chi connectivity index (χ0n) is 14.9. The topological polar surface area (TPSA) is 52.6 Å². The SMILES string of the molecule is Cc1ccc(C(=O)Oc2ccc3c(c2)O/C(=C\c2ccccc2Br)C3=O)cc1. The van der Waals surface area contributed by atoms with E-state index in [1.807, 2.05) is 43.3 Å². The van der Waals surface area contributed by atoms with Crippen molar-refractivity contribution in [3.8, 4) is 11.5 Å². The summed E-state index contributed by atoms with van der Waals surface area (Å²) in [5, 5.41) is 0. The molecule has 0 atom stereocenters. The van der Waals surface area contributed by atoms with Gasteiger partial charge >= 0.3 is 5.97 Å². The Labute approximate surface area is 170 Å². The molecule has 28 heavy (non-hydrogen) atoms. The fourth-order valence-corrected chi connectivity index (χ4v) is 3.22. The number of rotatable bonds is 3. The van der Waals surface area contributed by atoms with E-state index in [0.717, 1.165) is 15.6 Å². The minimum absolute atomic E-state index is 0.206. The maximum absolute atomic E-state index is 12.6. The fraction of sp³-hybridized carbons (Fsp3) is 0.0435. The van der Waals surface area contributed by atoms with E-state index in [1.165, 1.54) is 0 Å². The largest absolute Gasteiger partial charge is 0.452 e. The van der Waals surface area contributed by atoms with Crippen LogP contribution in [-0.4, -0.2) is 11.8 Å². The Morgan fingerprint density at radius 3 is 2.54 bits per heavy atom. The summed E-state index contributed by atoms with van der Waals surface area (Å²) in [6, 6.07) is 19.4. The van der Waals surface area contributed by atoms with Crippen LogP contribution in [0.15, 0.2) is 77.0 Å². The normalized spacial score (nSPS) is 13.9. The zero-order valence-corrected chi connectivity index (χ0v) is 16.5. The minimum Gasteiger partial charge on any atom is -0.452 e. The number of fused-ring (bicyclic) bond motifs is 1. The third-order valence-corrected chi connectivity index (χ3v) is 5.05. The van der Waals surface area contributed by atoms with E-state index < -0.39 is 5.97 Å². The number of carbonyl (C=O) groups is 2. The molecule has 0 unspecified atom stereocenters. The van der Waals surface area contributed by atoms with Crippen molar-refractivity contribution in [2.45, 2.75) is 6.92 Å². The Morgan fingerprint density at radius 2 is 1.79 bits per heavy atom. The van der Waals surface area contributed by atoms with E-state index in [2.05, 4.69) is 15.9 Å². The minimum atomic E-state index is -0.465. The number of carbonyl (C=O) groups excluding carboxylic acids is 2. The summed E-state index contributed by atoms with van der Waals surface area (Å²) in [6.07, 6.45) is 1.68. The van der Waals surface area contributed by atoms with E-state index in [4.69, 9.17) is 9.47 Å². The molecule has 4 rings (SSSR count). The fourth-order valence-electron chi connectivity index (χ4n) is 2.82. The van der Waals surface area contributed by atoms with Crippen molar-refractivity contribution in [1.82, 2.24) is 0 Å². The van der Waals surface area contributed by atoms with Gasteiger partial charge in [-0.25, -0.2) is 4.79 Å². The van der Waals surface area contributed by atoms with Gasteiger partial charge < -0.3 is 9.47 Å². The van der Waals surface area contributed by atoms with Crippen molar-refractivity contribution < 1.29 is 19.1 Å². The van der Waals surface area contributed by atoms with Crippen molar-refractivity contribution in [3.63, 3.8) is 0 Å². The predicted octanol–water partition coefficient (Wildman–Crippen LogP) is 5.59. The van der Waals surface area contributed by atoms with Gasteiger partial charge in [-0.05, 0) is 48.9 Å². The molecule has 0 saturated heterocycles. The average molecular weight is 435 g/mol. The molecule has 0 bridgehead atoms. The van der Waals surface area contributed by atoms with Gasteiger partial charge in [0.15, 0.2) is 5.76 Å². The molecule has 1 heterocycles. The van der Waals surface area contributed by atoms with Gasteiger partial charge in [-0.2, -0.15) is 0 Å². The molecular formula is C23H15BrO4. The third-order valence-electron chi connectivity index (χ3n) is 4.33. The number of esters is 1. The predicted molar refractivity (Wildman–Crippen MR) is 110 cm³/mol. The van der Waals surface area contributed by atoms with Gasteiger partial charge in [0.1, 0.15) is 11.5 Å².